The third kappa shape index (κ3) is 5.11. The van der Waals surface area contributed by atoms with E-state index in [-0.39, 0.29) is 30.3 Å². The maximum absolute atomic E-state index is 13.7. The zero-order valence-electron chi connectivity index (χ0n) is 19.4. The average Bonchev–Trinajstić information content (AvgIpc) is 3.32. The van der Waals surface area contributed by atoms with Gasteiger partial charge in [0.05, 0.1) is 13.2 Å². The molecule has 1 aromatic heterocycles. The summed E-state index contributed by atoms with van der Waals surface area (Å²) in [5, 5.41) is 2.10. The maximum atomic E-state index is 13.7. The number of ether oxygens (including phenoxy) is 1. The zero-order chi connectivity index (χ0) is 23.4. The molecule has 1 unspecified atom stereocenters. The van der Waals surface area contributed by atoms with Gasteiger partial charge in [-0.1, -0.05) is 44.2 Å². The molecule has 1 aliphatic heterocycles. The van der Waals surface area contributed by atoms with Gasteiger partial charge in [0.25, 0.3) is 5.91 Å². The van der Waals surface area contributed by atoms with Crippen LogP contribution in [0.4, 0.5) is 0 Å². The van der Waals surface area contributed by atoms with E-state index in [1.165, 1.54) is 10.4 Å². The summed E-state index contributed by atoms with van der Waals surface area (Å²) in [5.74, 6) is 0.783. The zero-order valence-corrected chi connectivity index (χ0v) is 20.2. The number of hydrogen-bond donors (Lipinski definition) is 0. The molecule has 2 amide bonds. The highest BCUT2D eigenvalue weighted by molar-refractivity contribution is 7.10. The molecule has 3 aromatic rings. The fraction of sp³-hybridized carbons (Fsp3) is 0.333. The lowest BCUT2D eigenvalue weighted by molar-refractivity contribution is -0.134. The number of fused-ring (bicyclic) bond motifs is 1. The maximum Gasteiger partial charge on any atom is 0.254 e. The first kappa shape index (κ1) is 23.1. The van der Waals surface area contributed by atoms with Crippen LogP contribution in [0.2, 0.25) is 0 Å². The Hall–Kier alpha value is -3.12. The Balaban J connectivity index is 1.59. The second-order valence-corrected chi connectivity index (χ2v) is 9.76. The standard InChI is InChI=1S/C27H30N2O3S/c1-19(2)17-28(27(31)21-9-11-22(32-3)12-10-21)18-25(30)29-15-13-24-23(14-16-33-24)26(29)20-7-5-4-6-8-20/h4-12,14,16,19,26H,13,15,17-18H2,1-3H3. The minimum atomic E-state index is -0.135. The molecule has 0 saturated heterocycles. The highest BCUT2D eigenvalue weighted by Crippen LogP contribution is 2.37. The predicted molar refractivity (Wildman–Crippen MR) is 132 cm³/mol. The van der Waals surface area contributed by atoms with Gasteiger partial charge in [0.15, 0.2) is 0 Å². The van der Waals surface area contributed by atoms with Crippen molar-refractivity contribution in [2.24, 2.45) is 5.92 Å². The van der Waals surface area contributed by atoms with E-state index in [0.717, 1.165) is 12.0 Å². The van der Waals surface area contributed by atoms with Gasteiger partial charge in [-0.25, -0.2) is 0 Å². The first-order chi connectivity index (χ1) is 16.0. The van der Waals surface area contributed by atoms with Gasteiger partial charge in [0.1, 0.15) is 12.3 Å². The fourth-order valence-electron chi connectivity index (χ4n) is 4.41. The second-order valence-electron chi connectivity index (χ2n) is 8.76. The largest absolute Gasteiger partial charge is 0.497 e. The van der Waals surface area contributed by atoms with Crippen LogP contribution in [0.3, 0.4) is 0 Å². The Bertz CT molecular complexity index is 1090. The van der Waals surface area contributed by atoms with Gasteiger partial charge in [0.2, 0.25) is 5.91 Å². The van der Waals surface area contributed by atoms with Crippen molar-refractivity contribution in [1.29, 1.82) is 0 Å². The van der Waals surface area contributed by atoms with Crippen LogP contribution in [0.5, 0.6) is 5.75 Å². The molecule has 0 spiro atoms. The lowest BCUT2D eigenvalue weighted by Gasteiger charge is -2.38. The van der Waals surface area contributed by atoms with Crippen LogP contribution in [0.1, 0.15) is 46.3 Å². The number of carbonyl (C=O) groups is 2. The normalized spacial score (nSPS) is 15.3. The second kappa shape index (κ2) is 10.2. The Labute approximate surface area is 199 Å². The van der Waals surface area contributed by atoms with Gasteiger partial charge < -0.3 is 14.5 Å². The number of benzene rings is 2. The van der Waals surface area contributed by atoms with Gasteiger partial charge in [0, 0.05) is 23.5 Å². The van der Waals surface area contributed by atoms with Crippen molar-refractivity contribution in [3.8, 4) is 5.75 Å². The molecule has 0 aliphatic carbocycles. The molecular weight excluding hydrogens is 432 g/mol. The van der Waals surface area contributed by atoms with Gasteiger partial charge in [-0.3, -0.25) is 9.59 Å². The molecule has 2 heterocycles. The van der Waals surface area contributed by atoms with Gasteiger partial charge >= 0.3 is 0 Å². The summed E-state index contributed by atoms with van der Waals surface area (Å²) in [4.78, 5) is 31.9. The van der Waals surface area contributed by atoms with Crippen molar-refractivity contribution in [2.75, 3.05) is 26.7 Å². The Kier molecular flexibility index (Phi) is 7.14. The van der Waals surface area contributed by atoms with Crippen LogP contribution in [-0.2, 0) is 11.2 Å². The minimum absolute atomic E-state index is 0.0248. The summed E-state index contributed by atoms with van der Waals surface area (Å²) in [6.45, 7) is 5.35. The first-order valence-electron chi connectivity index (χ1n) is 11.3. The lowest BCUT2D eigenvalue weighted by atomic mass is 9.93. The summed E-state index contributed by atoms with van der Waals surface area (Å²) in [7, 11) is 1.60. The quantitative estimate of drug-likeness (QED) is 0.495. The van der Waals surface area contributed by atoms with Crippen LogP contribution in [0.15, 0.2) is 66.0 Å². The van der Waals surface area contributed by atoms with Crippen molar-refractivity contribution < 1.29 is 14.3 Å². The lowest BCUT2D eigenvalue weighted by Crippen LogP contribution is -2.47. The third-order valence-electron chi connectivity index (χ3n) is 5.94. The molecule has 2 aromatic carbocycles. The van der Waals surface area contributed by atoms with Crippen molar-refractivity contribution >= 4 is 23.2 Å². The highest BCUT2D eigenvalue weighted by atomic mass is 32.1. The van der Waals surface area contributed by atoms with Crippen LogP contribution < -0.4 is 4.74 Å². The Morgan fingerprint density at radius 3 is 2.48 bits per heavy atom. The molecule has 0 N–H and O–H groups in total. The number of carbonyl (C=O) groups excluding carboxylic acids is 2. The molecule has 0 saturated carbocycles. The Morgan fingerprint density at radius 2 is 1.82 bits per heavy atom. The van der Waals surface area contributed by atoms with E-state index >= 15 is 0 Å². The van der Waals surface area contributed by atoms with Crippen molar-refractivity contribution in [3.05, 3.63) is 87.6 Å². The molecule has 5 nitrogen and oxygen atoms in total. The summed E-state index contributed by atoms with van der Waals surface area (Å²) >= 11 is 1.75. The van der Waals surface area contributed by atoms with E-state index in [1.807, 2.05) is 23.1 Å². The number of methoxy groups -OCH3 is 1. The molecule has 0 radical (unpaired) electrons. The highest BCUT2D eigenvalue weighted by Gasteiger charge is 2.34. The van der Waals surface area contributed by atoms with Gasteiger partial charge in [-0.05, 0) is 59.2 Å². The molecule has 1 atom stereocenters. The van der Waals surface area contributed by atoms with E-state index in [2.05, 4.69) is 37.4 Å². The molecule has 0 bridgehead atoms. The smallest absolute Gasteiger partial charge is 0.254 e. The minimum Gasteiger partial charge on any atom is -0.497 e. The Morgan fingerprint density at radius 1 is 1.09 bits per heavy atom. The summed E-state index contributed by atoms with van der Waals surface area (Å²) in [6, 6.07) is 19.2. The number of hydrogen-bond acceptors (Lipinski definition) is 4. The summed E-state index contributed by atoms with van der Waals surface area (Å²) in [6.07, 6.45) is 0.846. The monoisotopic (exact) mass is 462 g/mol. The number of thiophene rings is 1. The van der Waals surface area contributed by atoms with E-state index in [1.54, 1.807) is 47.6 Å². The van der Waals surface area contributed by atoms with Crippen LogP contribution >= 0.6 is 11.3 Å². The molecule has 4 rings (SSSR count). The van der Waals surface area contributed by atoms with E-state index in [9.17, 15) is 9.59 Å². The average molecular weight is 463 g/mol. The molecule has 1 aliphatic rings. The predicted octanol–water partition coefficient (Wildman–Crippen LogP) is 5.03. The number of nitrogens with zero attached hydrogens (tertiary/aromatic N) is 2. The van der Waals surface area contributed by atoms with Crippen molar-refractivity contribution in [2.45, 2.75) is 26.3 Å². The van der Waals surface area contributed by atoms with Crippen LogP contribution in [0.25, 0.3) is 0 Å². The molecule has 172 valence electrons. The molecular formula is C27H30N2O3S. The molecule has 6 heteroatoms. The molecule has 0 fully saturated rings. The SMILES string of the molecule is COc1ccc(C(=O)N(CC(=O)N2CCc3sccc3C2c2ccccc2)CC(C)C)cc1. The first-order valence-corrected chi connectivity index (χ1v) is 12.2. The van der Waals surface area contributed by atoms with E-state index < -0.39 is 0 Å². The fourth-order valence-corrected chi connectivity index (χ4v) is 5.31. The van der Waals surface area contributed by atoms with Crippen molar-refractivity contribution in [1.82, 2.24) is 9.80 Å². The molecule has 33 heavy (non-hydrogen) atoms. The summed E-state index contributed by atoms with van der Waals surface area (Å²) < 4.78 is 5.21. The van der Waals surface area contributed by atoms with E-state index in [0.29, 0.717) is 24.4 Å². The van der Waals surface area contributed by atoms with Crippen molar-refractivity contribution in [3.63, 3.8) is 0 Å². The third-order valence-corrected chi connectivity index (χ3v) is 6.93. The van der Waals surface area contributed by atoms with Gasteiger partial charge in [-0.15, -0.1) is 11.3 Å². The van der Waals surface area contributed by atoms with Crippen LogP contribution in [0, 0.1) is 5.92 Å². The number of rotatable bonds is 7. The summed E-state index contributed by atoms with van der Waals surface area (Å²) in [5.41, 5.74) is 2.85. The van der Waals surface area contributed by atoms with Crippen LogP contribution in [-0.4, -0.2) is 48.4 Å². The van der Waals surface area contributed by atoms with Gasteiger partial charge in [-0.2, -0.15) is 0 Å². The number of amides is 2. The topological polar surface area (TPSA) is 49.9 Å². The van der Waals surface area contributed by atoms with E-state index in [4.69, 9.17) is 4.74 Å².